The summed E-state index contributed by atoms with van der Waals surface area (Å²) in [7, 11) is 0. The molecule has 47 heavy (non-hydrogen) atoms. The van der Waals surface area contributed by atoms with Crippen molar-refractivity contribution in [1.82, 2.24) is 15.1 Å². The zero-order valence-electron chi connectivity index (χ0n) is 30.0. The first-order chi connectivity index (χ1) is 22.3. The summed E-state index contributed by atoms with van der Waals surface area (Å²) in [6.45, 7) is 15.2. The van der Waals surface area contributed by atoms with E-state index in [2.05, 4.69) is 44.8 Å². The number of nitrogens with two attached hydrogens (primary N) is 1. The molecule has 1 amide bonds. The van der Waals surface area contributed by atoms with Crippen LogP contribution < -0.4 is 11.1 Å². The maximum absolute atomic E-state index is 13.2. The third-order valence-corrected chi connectivity index (χ3v) is 14.1. The minimum Gasteiger partial charge on any atom is -0.481 e. The molecular formula is C37H66N4O6. The van der Waals surface area contributed by atoms with Gasteiger partial charge in [0.05, 0.1) is 6.10 Å². The number of aliphatic hydroxyl groups excluding tert-OH is 1. The van der Waals surface area contributed by atoms with E-state index in [1.54, 1.807) is 0 Å². The van der Waals surface area contributed by atoms with Crippen molar-refractivity contribution >= 4 is 17.8 Å². The number of aliphatic hydroxyl groups is 1. The van der Waals surface area contributed by atoms with Crippen LogP contribution in [0.2, 0.25) is 0 Å². The lowest BCUT2D eigenvalue weighted by molar-refractivity contribution is -0.170. The molecule has 0 bridgehead atoms. The zero-order chi connectivity index (χ0) is 34.5. The molecule has 4 unspecified atom stereocenters. The first-order valence-electron chi connectivity index (χ1n) is 18.9. The molecule has 0 aromatic rings. The summed E-state index contributed by atoms with van der Waals surface area (Å²) in [5, 5.41) is 34.4. The van der Waals surface area contributed by atoms with Gasteiger partial charge in [0, 0.05) is 45.1 Å². The third kappa shape index (κ3) is 8.18. The topological polar surface area (TPSA) is 156 Å². The number of hydrogen-bond donors (Lipinski definition) is 5. The van der Waals surface area contributed by atoms with Gasteiger partial charge in [-0.25, -0.2) is 0 Å². The van der Waals surface area contributed by atoms with Gasteiger partial charge in [-0.15, -0.1) is 0 Å². The molecule has 11 atom stereocenters. The molecule has 0 aromatic carbocycles. The fourth-order valence-electron chi connectivity index (χ4n) is 11.3. The lowest BCUT2D eigenvalue weighted by atomic mass is 9.43. The van der Waals surface area contributed by atoms with Crippen molar-refractivity contribution < 1.29 is 29.7 Å². The van der Waals surface area contributed by atoms with E-state index in [4.69, 9.17) is 5.73 Å². The largest absolute Gasteiger partial charge is 0.481 e. The Balaban J connectivity index is 1.33. The van der Waals surface area contributed by atoms with Crippen LogP contribution in [-0.2, 0) is 14.4 Å². The number of hydrogen-bond acceptors (Lipinski definition) is 7. The van der Waals surface area contributed by atoms with Gasteiger partial charge in [0.2, 0.25) is 5.91 Å². The molecule has 10 heteroatoms. The van der Waals surface area contributed by atoms with Gasteiger partial charge in [0.1, 0.15) is 6.04 Å². The van der Waals surface area contributed by atoms with Gasteiger partial charge in [-0.2, -0.15) is 0 Å². The van der Waals surface area contributed by atoms with Crippen LogP contribution in [0.25, 0.3) is 0 Å². The number of carbonyl (C=O) groups is 3. The molecule has 0 radical (unpaired) electrons. The molecule has 4 saturated carbocycles. The number of likely N-dealkylation sites (N-methyl/N-ethyl adjacent to an activating group) is 1. The molecular weight excluding hydrogens is 596 g/mol. The van der Waals surface area contributed by atoms with Crippen molar-refractivity contribution in [3.8, 4) is 0 Å². The Morgan fingerprint density at radius 3 is 2.28 bits per heavy atom. The smallest absolute Gasteiger partial charge is 0.320 e. The Labute approximate surface area is 283 Å². The number of amides is 1. The van der Waals surface area contributed by atoms with Crippen LogP contribution in [0, 0.1) is 46.3 Å². The monoisotopic (exact) mass is 662 g/mol. The van der Waals surface area contributed by atoms with E-state index in [9.17, 15) is 29.7 Å². The van der Waals surface area contributed by atoms with Crippen LogP contribution in [0.4, 0.5) is 0 Å². The van der Waals surface area contributed by atoms with Crippen LogP contribution in [0.3, 0.4) is 0 Å². The fraction of sp³-hybridized carbons (Fsp3) is 0.919. The summed E-state index contributed by atoms with van der Waals surface area (Å²) in [5.41, 5.74) is 5.84. The van der Waals surface area contributed by atoms with Gasteiger partial charge < -0.3 is 31.3 Å². The average Bonchev–Trinajstić information content (AvgIpc) is 3.39. The summed E-state index contributed by atoms with van der Waals surface area (Å²) in [4.78, 5) is 40.9. The SMILES string of the molecule is CCN(CC)CCN(CCN)[C@@H](CCC(=O)N[C@H]1CC[C@]2(C)C3C[C@H](O)[C@@]4(C)C(CC[C@@H]4C(C)CCC(=O)O)C3CC[C@@H]2C1)C(=O)O. The molecule has 0 aromatic heterocycles. The summed E-state index contributed by atoms with van der Waals surface area (Å²) in [6.07, 6.45) is 9.21. The van der Waals surface area contributed by atoms with E-state index in [1.807, 2.05) is 4.90 Å². The van der Waals surface area contributed by atoms with E-state index in [0.29, 0.717) is 61.6 Å². The van der Waals surface area contributed by atoms with Crippen molar-refractivity contribution in [2.75, 3.05) is 39.3 Å². The summed E-state index contributed by atoms with van der Waals surface area (Å²) < 4.78 is 0. The maximum atomic E-state index is 13.2. The molecule has 4 aliphatic rings. The number of nitrogens with zero attached hydrogens (tertiary/aromatic N) is 2. The summed E-state index contributed by atoms with van der Waals surface area (Å²) in [6, 6.07) is -0.628. The second kappa shape index (κ2) is 16.3. The fourth-order valence-corrected chi connectivity index (χ4v) is 11.3. The summed E-state index contributed by atoms with van der Waals surface area (Å²) >= 11 is 0. The molecule has 4 rings (SSSR count). The van der Waals surface area contributed by atoms with Crippen LogP contribution in [0.1, 0.15) is 112 Å². The molecule has 0 aliphatic heterocycles. The molecule has 0 heterocycles. The second-order valence-electron chi connectivity index (χ2n) is 16.2. The maximum Gasteiger partial charge on any atom is 0.320 e. The highest BCUT2D eigenvalue weighted by Crippen LogP contribution is 2.68. The second-order valence-corrected chi connectivity index (χ2v) is 16.2. The highest BCUT2D eigenvalue weighted by atomic mass is 16.4. The Kier molecular flexibility index (Phi) is 13.2. The summed E-state index contributed by atoms with van der Waals surface area (Å²) in [5.74, 6) is 1.01. The first-order valence-corrected chi connectivity index (χ1v) is 18.9. The van der Waals surface area contributed by atoms with Gasteiger partial charge >= 0.3 is 11.9 Å². The molecule has 4 aliphatic carbocycles. The van der Waals surface area contributed by atoms with Crippen LogP contribution in [0.15, 0.2) is 0 Å². The first kappa shape index (κ1) is 38.1. The van der Waals surface area contributed by atoms with Crippen LogP contribution in [-0.4, -0.2) is 100 Å². The van der Waals surface area contributed by atoms with Gasteiger partial charge in [0.15, 0.2) is 0 Å². The average molecular weight is 663 g/mol. The van der Waals surface area contributed by atoms with Crippen molar-refractivity contribution in [2.24, 2.45) is 52.1 Å². The highest BCUT2D eigenvalue weighted by molar-refractivity contribution is 5.78. The highest BCUT2D eigenvalue weighted by Gasteiger charge is 2.63. The molecule has 4 fully saturated rings. The minimum absolute atomic E-state index is 0.0622. The number of carboxylic acids is 2. The number of carbonyl (C=O) groups excluding carboxylic acids is 1. The van der Waals surface area contributed by atoms with Crippen LogP contribution in [0.5, 0.6) is 0 Å². The molecule has 10 nitrogen and oxygen atoms in total. The van der Waals surface area contributed by atoms with E-state index < -0.39 is 18.0 Å². The molecule has 6 N–H and O–H groups in total. The predicted molar refractivity (Wildman–Crippen MR) is 184 cm³/mol. The van der Waals surface area contributed by atoms with Gasteiger partial charge in [-0.3, -0.25) is 19.3 Å². The van der Waals surface area contributed by atoms with Gasteiger partial charge in [-0.1, -0.05) is 34.6 Å². The Hall–Kier alpha value is -1.75. The molecule has 0 spiro atoms. The van der Waals surface area contributed by atoms with Crippen molar-refractivity contribution in [3.05, 3.63) is 0 Å². The van der Waals surface area contributed by atoms with E-state index >= 15 is 0 Å². The van der Waals surface area contributed by atoms with E-state index in [0.717, 1.165) is 64.6 Å². The normalized spacial score (nSPS) is 36.3. The van der Waals surface area contributed by atoms with E-state index in [1.165, 1.54) is 6.42 Å². The Morgan fingerprint density at radius 1 is 0.915 bits per heavy atom. The zero-order valence-corrected chi connectivity index (χ0v) is 30.0. The van der Waals surface area contributed by atoms with Crippen molar-refractivity contribution in [2.45, 2.75) is 130 Å². The molecule has 270 valence electrons. The predicted octanol–water partition coefficient (Wildman–Crippen LogP) is 4.44. The van der Waals surface area contributed by atoms with Gasteiger partial charge in [-0.05, 0) is 124 Å². The third-order valence-electron chi connectivity index (χ3n) is 14.1. The quantitative estimate of drug-likeness (QED) is 0.152. The van der Waals surface area contributed by atoms with Crippen molar-refractivity contribution in [3.63, 3.8) is 0 Å². The standard InChI is InChI=1S/C37H66N4O6/c1-6-40(7-2)20-21-41(19-18-38)31(35(46)47)13-14-33(43)39-26-16-17-36(4)25(22-26)9-10-27-29-12-11-28(24(3)8-15-34(44)45)37(29,5)32(42)23-30(27)36/h24-32,42H,6-23,38H2,1-5H3,(H,39,43)(H,44,45)(H,46,47)/t24?,25-,26+,27?,28-,29?,30?,31+,32+,36+,37-/m1/s1. The minimum atomic E-state index is -0.898. The van der Waals surface area contributed by atoms with E-state index in [-0.39, 0.29) is 48.1 Å². The lowest BCUT2D eigenvalue weighted by Gasteiger charge is -2.62. The van der Waals surface area contributed by atoms with Crippen LogP contribution >= 0.6 is 0 Å². The number of aliphatic carboxylic acids is 2. The Bertz CT molecular complexity index is 1070. The van der Waals surface area contributed by atoms with Crippen molar-refractivity contribution in [1.29, 1.82) is 0 Å². The number of carboxylic acid groups (broad SMARTS) is 2. The number of nitrogens with one attached hydrogen (secondary N) is 1. The van der Waals surface area contributed by atoms with Gasteiger partial charge in [0.25, 0.3) is 0 Å². The number of rotatable bonds is 17. The Morgan fingerprint density at radius 2 is 1.64 bits per heavy atom. The lowest BCUT2D eigenvalue weighted by Crippen LogP contribution is -2.59. The number of fused-ring (bicyclic) bond motifs is 5. The molecule has 0 saturated heterocycles.